The van der Waals surface area contributed by atoms with Gasteiger partial charge in [-0.2, -0.15) is 0 Å². The Bertz CT molecular complexity index is 877. The molecule has 1 heterocycles. The van der Waals surface area contributed by atoms with Crippen molar-refractivity contribution in [3.8, 4) is 0 Å². The largest absolute Gasteiger partial charge is 0.462 e. The number of nitrogens with zero attached hydrogens (tertiary/aromatic N) is 2. The van der Waals surface area contributed by atoms with E-state index in [2.05, 4.69) is 29.0 Å². The monoisotopic (exact) mass is 421 g/mol. The number of piperazine rings is 1. The number of likely N-dealkylation sites (N-methyl/N-ethyl adjacent to an activating group) is 1. The number of rotatable bonds is 10. The molecule has 164 valence electrons. The van der Waals surface area contributed by atoms with Crippen LogP contribution in [0.5, 0.6) is 0 Å². The Morgan fingerprint density at radius 2 is 1.71 bits per heavy atom. The zero-order valence-corrected chi connectivity index (χ0v) is 18.1. The van der Waals surface area contributed by atoms with Crippen molar-refractivity contribution in [2.24, 2.45) is 5.92 Å². The lowest BCUT2D eigenvalue weighted by molar-refractivity contribution is -0.121. The van der Waals surface area contributed by atoms with Crippen molar-refractivity contribution in [3.63, 3.8) is 0 Å². The lowest BCUT2D eigenvalue weighted by Gasteiger charge is -2.35. The summed E-state index contributed by atoms with van der Waals surface area (Å²) >= 11 is 0. The van der Waals surface area contributed by atoms with Gasteiger partial charge in [-0.25, -0.2) is 4.79 Å². The van der Waals surface area contributed by atoms with Crippen molar-refractivity contribution in [1.82, 2.24) is 4.90 Å². The molecule has 0 radical (unpaired) electrons. The standard InChI is InChI=1S/C25H31N3O3/c1-27-13-15-28(16-14-27)23-11-6-5-10-21(23)18-22(19-26)24(29)12-7-17-31-25(30)20-8-3-2-4-9-20/h2-6,8-11,19,22,26H,7,12-18H2,1H3. The first-order valence-corrected chi connectivity index (χ1v) is 10.9. The Morgan fingerprint density at radius 3 is 2.42 bits per heavy atom. The number of carbonyl (C=O) groups is 2. The number of anilines is 1. The van der Waals surface area contributed by atoms with Crippen LogP contribution in [0.1, 0.15) is 28.8 Å². The van der Waals surface area contributed by atoms with Crippen LogP contribution in [0, 0.1) is 11.3 Å². The van der Waals surface area contributed by atoms with Crippen LogP contribution < -0.4 is 4.90 Å². The van der Waals surface area contributed by atoms with Crippen LogP contribution in [-0.4, -0.2) is 62.7 Å². The number of Topliss-reactive ketones (excluding diaryl/α,β-unsaturated/α-hetero) is 1. The molecule has 31 heavy (non-hydrogen) atoms. The van der Waals surface area contributed by atoms with E-state index >= 15 is 0 Å². The highest BCUT2D eigenvalue weighted by atomic mass is 16.5. The molecule has 1 saturated heterocycles. The van der Waals surface area contributed by atoms with Crippen LogP contribution >= 0.6 is 0 Å². The number of para-hydroxylation sites is 1. The second-order valence-corrected chi connectivity index (χ2v) is 7.97. The minimum atomic E-state index is -0.460. The molecule has 2 aromatic rings. The lowest BCUT2D eigenvalue weighted by Crippen LogP contribution is -2.44. The molecule has 6 heteroatoms. The third-order valence-electron chi connectivity index (χ3n) is 5.70. The van der Waals surface area contributed by atoms with Crippen LogP contribution in [0.2, 0.25) is 0 Å². The topological polar surface area (TPSA) is 73.7 Å². The van der Waals surface area contributed by atoms with E-state index in [1.54, 1.807) is 24.3 Å². The molecular formula is C25H31N3O3. The Morgan fingerprint density at radius 1 is 1.03 bits per heavy atom. The molecule has 0 bridgehead atoms. The summed E-state index contributed by atoms with van der Waals surface area (Å²) in [7, 11) is 2.13. The summed E-state index contributed by atoms with van der Waals surface area (Å²) in [5, 5.41) is 7.79. The van der Waals surface area contributed by atoms with Gasteiger partial charge in [0.05, 0.1) is 18.1 Å². The van der Waals surface area contributed by atoms with Gasteiger partial charge < -0.3 is 19.9 Å². The number of esters is 1. The molecule has 1 unspecified atom stereocenters. The number of hydrogen-bond donors (Lipinski definition) is 1. The fourth-order valence-corrected chi connectivity index (χ4v) is 3.80. The van der Waals surface area contributed by atoms with Crippen molar-refractivity contribution in [3.05, 3.63) is 65.7 Å². The minimum Gasteiger partial charge on any atom is -0.462 e. The molecular weight excluding hydrogens is 390 g/mol. The van der Waals surface area contributed by atoms with E-state index in [1.807, 2.05) is 18.2 Å². The molecule has 3 rings (SSSR count). The third-order valence-corrected chi connectivity index (χ3v) is 5.70. The summed E-state index contributed by atoms with van der Waals surface area (Å²) in [5.74, 6) is -0.824. The lowest BCUT2D eigenvalue weighted by atomic mass is 9.92. The van der Waals surface area contributed by atoms with Crippen molar-refractivity contribution in [1.29, 1.82) is 5.41 Å². The second-order valence-electron chi connectivity index (χ2n) is 7.97. The summed E-state index contributed by atoms with van der Waals surface area (Å²) in [4.78, 5) is 29.4. The molecule has 1 N–H and O–H groups in total. The molecule has 2 aromatic carbocycles. The summed E-state index contributed by atoms with van der Waals surface area (Å²) < 4.78 is 5.26. The average Bonchev–Trinajstić information content (AvgIpc) is 2.81. The number of hydrogen-bond acceptors (Lipinski definition) is 6. The van der Waals surface area contributed by atoms with Gasteiger partial charge in [-0.05, 0) is 43.7 Å². The zero-order chi connectivity index (χ0) is 22.1. The minimum absolute atomic E-state index is 0.0129. The molecule has 1 atom stereocenters. The highest BCUT2D eigenvalue weighted by Crippen LogP contribution is 2.24. The number of nitrogens with one attached hydrogen (secondary N) is 1. The second kappa shape index (κ2) is 11.4. The van der Waals surface area contributed by atoms with Gasteiger partial charge in [-0.1, -0.05) is 36.4 Å². The Hall–Kier alpha value is -2.99. The predicted octanol–water partition coefficient (Wildman–Crippen LogP) is 3.45. The van der Waals surface area contributed by atoms with E-state index in [0.717, 1.165) is 37.4 Å². The van der Waals surface area contributed by atoms with Crippen molar-refractivity contribution in [2.75, 3.05) is 44.7 Å². The van der Waals surface area contributed by atoms with Crippen LogP contribution in [0.3, 0.4) is 0 Å². The third kappa shape index (κ3) is 6.49. The highest BCUT2D eigenvalue weighted by molar-refractivity contribution is 5.94. The van der Waals surface area contributed by atoms with Crippen molar-refractivity contribution in [2.45, 2.75) is 19.3 Å². The number of ketones is 1. The van der Waals surface area contributed by atoms with E-state index < -0.39 is 5.92 Å². The maximum absolute atomic E-state index is 12.7. The Labute approximate surface area is 184 Å². The highest BCUT2D eigenvalue weighted by Gasteiger charge is 2.21. The van der Waals surface area contributed by atoms with Crippen LogP contribution in [0.15, 0.2) is 54.6 Å². The quantitative estimate of drug-likeness (QED) is 0.361. The molecule has 6 nitrogen and oxygen atoms in total. The number of carbonyl (C=O) groups excluding carboxylic acids is 2. The summed E-state index contributed by atoms with van der Waals surface area (Å²) in [6.07, 6.45) is 2.52. The maximum atomic E-state index is 12.7. The van der Waals surface area contributed by atoms with E-state index in [9.17, 15) is 9.59 Å². The average molecular weight is 422 g/mol. The normalized spacial score (nSPS) is 15.3. The van der Waals surface area contributed by atoms with Gasteiger partial charge >= 0.3 is 5.97 Å². The molecule has 1 fully saturated rings. The molecule has 0 saturated carbocycles. The van der Waals surface area contributed by atoms with Gasteiger partial charge in [-0.3, -0.25) is 4.79 Å². The molecule has 0 aromatic heterocycles. The van der Waals surface area contributed by atoms with E-state index in [-0.39, 0.29) is 18.4 Å². The van der Waals surface area contributed by atoms with E-state index in [0.29, 0.717) is 24.8 Å². The van der Waals surface area contributed by atoms with Crippen molar-refractivity contribution < 1.29 is 14.3 Å². The first-order chi connectivity index (χ1) is 15.1. The van der Waals surface area contributed by atoms with Gasteiger partial charge in [0.15, 0.2) is 0 Å². The number of benzene rings is 2. The first kappa shape index (κ1) is 22.7. The van der Waals surface area contributed by atoms with Gasteiger partial charge in [0.1, 0.15) is 5.78 Å². The first-order valence-electron chi connectivity index (χ1n) is 10.9. The van der Waals surface area contributed by atoms with Crippen LogP contribution in [0.4, 0.5) is 5.69 Å². The van der Waals surface area contributed by atoms with E-state index in [1.165, 1.54) is 6.21 Å². The van der Waals surface area contributed by atoms with E-state index in [4.69, 9.17) is 10.1 Å². The summed E-state index contributed by atoms with van der Waals surface area (Å²) in [5.41, 5.74) is 2.77. The van der Waals surface area contributed by atoms with Gasteiger partial charge in [0.2, 0.25) is 0 Å². The van der Waals surface area contributed by atoms with Crippen LogP contribution in [0.25, 0.3) is 0 Å². The smallest absolute Gasteiger partial charge is 0.338 e. The predicted molar refractivity (Wildman–Crippen MR) is 123 cm³/mol. The SMILES string of the molecule is CN1CCN(c2ccccc2CC(C=N)C(=O)CCCOC(=O)c2ccccc2)CC1. The Balaban J connectivity index is 1.51. The zero-order valence-electron chi connectivity index (χ0n) is 18.1. The molecule has 0 amide bonds. The fraction of sp³-hybridized carbons (Fsp3) is 0.400. The molecule has 1 aliphatic rings. The van der Waals surface area contributed by atoms with Gasteiger partial charge in [-0.15, -0.1) is 0 Å². The fourth-order valence-electron chi connectivity index (χ4n) is 3.80. The summed E-state index contributed by atoms with van der Waals surface area (Å²) in [6.45, 7) is 4.15. The molecule has 0 spiro atoms. The number of ether oxygens (including phenoxy) is 1. The van der Waals surface area contributed by atoms with Gasteiger partial charge in [0, 0.05) is 44.5 Å². The van der Waals surface area contributed by atoms with Crippen molar-refractivity contribution >= 4 is 23.7 Å². The maximum Gasteiger partial charge on any atom is 0.338 e. The molecule has 1 aliphatic heterocycles. The summed E-state index contributed by atoms with van der Waals surface area (Å²) in [6, 6.07) is 17.0. The van der Waals surface area contributed by atoms with Crippen LogP contribution in [-0.2, 0) is 16.0 Å². The van der Waals surface area contributed by atoms with Gasteiger partial charge in [0.25, 0.3) is 0 Å². The molecule has 0 aliphatic carbocycles. The Kier molecular flexibility index (Phi) is 8.35.